The van der Waals surface area contributed by atoms with Crippen LogP contribution in [0.4, 0.5) is 13.2 Å². The first-order chi connectivity index (χ1) is 12.9. The van der Waals surface area contributed by atoms with Crippen molar-refractivity contribution in [2.75, 3.05) is 0 Å². The Labute approximate surface area is 157 Å². The van der Waals surface area contributed by atoms with Crippen molar-refractivity contribution >= 4 is 0 Å². The van der Waals surface area contributed by atoms with Crippen LogP contribution in [0.2, 0.25) is 0 Å². The van der Waals surface area contributed by atoms with E-state index in [1.807, 2.05) is 30.5 Å². The molecule has 144 valence electrons. The summed E-state index contributed by atoms with van der Waals surface area (Å²) < 4.78 is 43.5. The summed E-state index contributed by atoms with van der Waals surface area (Å²) in [6.07, 6.45) is 3.22. The van der Waals surface area contributed by atoms with Crippen LogP contribution < -0.4 is 5.32 Å². The summed E-state index contributed by atoms with van der Waals surface area (Å²) in [6, 6.07) is 9.92. The third-order valence-corrected chi connectivity index (χ3v) is 7.01. The van der Waals surface area contributed by atoms with Crippen molar-refractivity contribution in [1.29, 1.82) is 0 Å². The standard InChI is InChI=1S/C21H24F3N3/c22-21(23,24)19-9-16-7-17(10-19)12-20(11-16,14-19)25-13-15-3-1-4-18(8-15)27-6-2-5-26-27/h1-6,8,16-17,25H,7,9-14H2/t16-,17-,19?,20?/m1/s1. The van der Waals surface area contributed by atoms with E-state index < -0.39 is 11.6 Å². The zero-order valence-corrected chi connectivity index (χ0v) is 15.2. The van der Waals surface area contributed by atoms with E-state index in [2.05, 4.69) is 16.5 Å². The van der Waals surface area contributed by atoms with Crippen molar-refractivity contribution < 1.29 is 13.2 Å². The lowest BCUT2D eigenvalue weighted by atomic mass is 9.46. The van der Waals surface area contributed by atoms with E-state index in [1.54, 1.807) is 10.9 Å². The summed E-state index contributed by atoms with van der Waals surface area (Å²) in [7, 11) is 0. The van der Waals surface area contributed by atoms with Gasteiger partial charge in [0.25, 0.3) is 0 Å². The van der Waals surface area contributed by atoms with E-state index in [9.17, 15) is 13.2 Å². The van der Waals surface area contributed by atoms with Crippen LogP contribution in [0.15, 0.2) is 42.7 Å². The molecule has 6 rings (SSSR count). The molecule has 4 saturated carbocycles. The minimum Gasteiger partial charge on any atom is -0.307 e. The summed E-state index contributed by atoms with van der Waals surface area (Å²) in [6.45, 7) is 0.600. The summed E-state index contributed by atoms with van der Waals surface area (Å²) in [5.41, 5.74) is 0.235. The van der Waals surface area contributed by atoms with Crippen molar-refractivity contribution in [3.8, 4) is 5.69 Å². The van der Waals surface area contributed by atoms with E-state index in [1.165, 1.54) is 0 Å². The average molecular weight is 375 g/mol. The fourth-order valence-corrected chi connectivity index (χ4v) is 6.32. The van der Waals surface area contributed by atoms with E-state index in [4.69, 9.17) is 0 Å². The van der Waals surface area contributed by atoms with Gasteiger partial charge in [0.15, 0.2) is 0 Å². The van der Waals surface area contributed by atoms with Crippen LogP contribution in [0.1, 0.15) is 44.1 Å². The smallest absolute Gasteiger partial charge is 0.307 e. The van der Waals surface area contributed by atoms with Crippen molar-refractivity contribution in [2.24, 2.45) is 17.3 Å². The molecule has 6 heteroatoms. The first kappa shape index (κ1) is 17.3. The molecule has 0 unspecified atom stereocenters. The molecular weight excluding hydrogens is 351 g/mol. The molecule has 0 spiro atoms. The minimum absolute atomic E-state index is 0.218. The SMILES string of the molecule is FC(F)(F)C12C[C@H]3C[C@@H](CC(NCc4cccc(-n5cccn5)c4)(C3)C1)C2. The van der Waals surface area contributed by atoms with E-state index >= 15 is 0 Å². The normalized spacial score (nSPS) is 34.9. The Balaban J connectivity index is 1.36. The maximum atomic E-state index is 13.9. The van der Waals surface area contributed by atoms with E-state index in [0.717, 1.165) is 30.5 Å². The van der Waals surface area contributed by atoms with Crippen LogP contribution in [0.3, 0.4) is 0 Å². The predicted molar refractivity (Wildman–Crippen MR) is 96.3 cm³/mol. The van der Waals surface area contributed by atoms with Crippen LogP contribution in [0.5, 0.6) is 0 Å². The second-order valence-corrected chi connectivity index (χ2v) is 8.99. The molecule has 4 aliphatic carbocycles. The number of rotatable bonds is 4. The second kappa shape index (κ2) is 5.84. The molecule has 1 aromatic carbocycles. The molecule has 0 radical (unpaired) electrons. The number of benzene rings is 1. The molecule has 2 aromatic rings. The fourth-order valence-electron chi connectivity index (χ4n) is 6.32. The molecule has 4 fully saturated rings. The zero-order chi connectivity index (χ0) is 18.7. The Morgan fingerprint density at radius 3 is 2.56 bits per heavy atom. The van der Waals surface area contributed by atoms with Crippen LogP contribution in [0, 0.1) is 17.3 Å². The highest BCUT2D eigenvalue weighted by Gasteiger charge is 2.67. The minimum atomic E-state index is -4.09. The van der Waals surface area contributed by atoms with Gasteiger partial charge in [0.2, 0.25) is 0 Å². The van der Waals surface area contributed by atoms with Crippen LogP contribution >= 0.6 is 0 Å². The molecule has 0 amide bonds. The lowest BCUT2D eigenvalue weighted by molar-refractivity contribution is -0.278. The first-order valence-corrected chi connectivity index (χ1v) is 9.77. The Morgan fingerprint density at radius 2 is 1.89 bits per heavy atom. The quantitative estimate of drug-likeness (QED) is 0.827. The molecule has 4 bridgehead atoms. The molecule has 2 atom stereocenters. The van der Waals surface area contributed by atoms with Crippen molar-refractivity contribution in [2.45, 2.75) is 56.8 Å². The van der Waals surface area contributed by atoms with Crippen LogP contribution in [-0.4, -0.2) is 21.5 Å². The van der Waals surface area contributed by atoms with Gasteiger partial charge in [-0.1, -0.05) is 12.1 Å². The van der Waals surface area contributed by atoms with Gasteiger partial charge < -0.3 is 5.32 Å². The number of alkyl halides is 3. The molecule has 27 heavy (non-hydrogen) atoms. The lowest BCUT2D eigenvalue weighted by Gasteiger charge is -2.62. The Kier molecular flexibility index (Phi) is 3.74. The van der Waals surface area contributed by atoms with Crippen LogP contribution in [-0.2, 0) is 6.54 Å². The van der Waals surface area contributed by atoms with Gasteiger partial charge in [-0.2, -0.15) is 18.3 Å². The molecule has 1 heterocycles. The predicted octanol–water partition coefficient (Wildman–Crippen LogP) is 4.86. The molecule has 1 aromatic heterocycles. The van der Waals surface area contributed by atoms with Gasteiger partial charge in [0.05, 0.1) is 11.1 Å². The summed E-state index contributed by atoms with van der Waals surface area (Å²) in [4.78, 5) is 0. The maximum absolute atomic E-state index is 13.9. The van der Waals surface area contributed by atoms with Gasteiger partial charge in [0, 0.05) is 24.5 Å². The van der Waals surface area contributed by atoms with Gasteiger partial charge in [0.1, 0.15) is 0 Å². The van der Waals surface area contributed by atoms with Crippen molar-refractivity contribution in [3.63, 3.8) is 0 Å². The second-order valence-electron chi connectivity index (χ2n) is 8.99. The molecular formula is C21H24F3N3. The monoisotopic (exact) mass is 375 g/mol. The van der Waals surface area contributed by atoms with Gasteiger partial charge in [-0.3, -0.25) is 0 Å². The highest BCUT2D eigenvalue weighted by molar-refractivity contribution is 5.35. The number of aromatic nitrogens is 2. The summed E-state index contributed by atoms with van der Waals surface area (Å²) >= 11 is 0. The molecule has 3 nitrogen and oxygen atoms in total. The van der Waals surface area contributed by atoms with Gasteiger partial charge in [-0.25, -0.2) is 4.68 Å². The topological polar surface area (TPSA) is 29.9 Å². The molecule has 1 N–H and O–H groups in total. The van der Waals surface area contributed by atoms with Gasteiger partial charge in [-0.05, 0) is 74.1 Å². The molecule has 0 aliphatic heterocycles. The molecule has 0 saturated heterocycles. The van der Waals surface area contributed by atoms with Crippen LogP contribution in [0.25, 0.3) is 5.69 Å². The van der Waals surface area contributed by atoms with Gasteiger partial charge in [-0.15, -0.1) is 0 Å². The Hall–Kier alpha value is -1.82. The lowest BCUT2D eigenvalue weighted by Crippen LogP contribution is -2.65. The van der Waals surface area contributed by atoms with E-state index in [0.29, 0.717) is 19.4 Å². The number of halogens is 3. The summed E-state index contributed by atoms with van der Waals surface area (Å²) in [5.74, 6) is 0.437. The summed E-state index contributed by atoms with van der Waals surface area (Å²) in [5, 5.41) is 7.83. The molecule has 4 aliphatic rings. The van der Waals surface area contributed by atoms with Crippen molar-refractivity contribution in [3.05, 3.63) is 48.3 Å². The number of hydrogen-bond donors (Lipinski definition) is 1. The first-order valence-electron chi connectivity index (χ1n) is 9.77. The average Bonchev–Trinajstić information content (AvgIpc) is 3.13. The fraction of sp³-hybridized carbons (Fsp3) is 0.571. The highest BCUT2D eigenvalue weighted by atomic mass is 19.4. The van der Waals surface area contributed by atoms with E-state index in [-0.39, 0.29) is 23.8 Å². The Morgan fingerprint density at radius 1 is 1.11 bits per heavy atom. The highest BCUT2D eigenvalue weighted by Crippen LogP contribution is 2.66. The third kappa shape index (κ3) is 2.89. The largest absolute Gasteiger partial charge is 0.394 e. The number of hydrogen-bond acceptors (Lipinski definition) is 2. The number of nitrogens with one attached hydrogen (secondary N) is 1. The number of nitrogens with zero attached hydrogens (tertiary/aromatic N) is 2. The Bertz CT molecular complexity index is 813. The van der Waals surface area contributed by atoms with Crippen molar-refractivity contribution in [1.82, 2.24) is 15.1 Å². The van der Waals surface area contributed by atoms with Gasteiger partial charge >= 0.3 is 6.18 Å². The third-order valence-electron chi connectivity index (χ3n) is 7.01. The zero-order valence-electron chi connectivity index (χ0n) is 15.2. The maximum Gasteiger partial charge on any atom is 0.394 e.